The Balaban J connectivity index is 1.61. The van der Waals surface area contributed by atoms with Crippen molar-refractivity contribution in [3.05, 3.63) is 41.0 Å². The number of carbonyl (C=O) groups is 3. The van der Waals surface area contributed by atoms with Crippen molar-refractivity contribution in [2.24, 2.45) is 11.1 Å². The summed E-state index contributed by atoms with van der Waals surface area (Å²) in [7, 11) is 0. The summed E-state index contributed by atoms with van der Waals surface area (Å²) in [5.74, 6) is -1.09. The molecule has 0 unspecified atom stereocenters. The van der Waals surface area contributed by atoms with E-state index >= 15 is 0 Å². The number of ether oxygens (including phenoxy) is 2. The number of nitrogens with zero attached hydrogens (tertiary/aromatic N) is 2. The molecule has 46 heavy (non-hydrogen) atoms. The van der Waals surface area contributed by atoms with Crippen LogP contribution < -0.4 is 16.4 Å². The van der Waals surface area contributed by atoms with Crippen LogP contribution in [0, 0.1) is 12.3 Å². The number of thiazole rings is 1. The minimum atomic E-state index is -0.914. The molecule has 0 bridgehead atoms. The molecule has 5 N–H and O–H groups in total. The van der Waals surface area contributed by atoms with Crippen LogP contribution in [0.1, 0.15) is 79.0 Å². The predicted molar refractivity (Wildman–Crippen MR) is 180 cm³/mol. The first-order valence-corrected chi connectivity index (χ1v) is 16.8. The number of amides is 3. The Morgan fingerprint density at radius 2 is 1.72 bits per heavy atom. The molecule has 256 valence electrons. The number of nitrogens with two attached hydrogens (primary N) is 1. The number of β-amino-alcohol motifs (C(OH)–C–C–N with tert-alkyl or cyclic N) is 1. The topological polar surface area (TPSA) is 156 Å². The van der Waals surface area contributed by atoms with Crippen LogP contribution in [0.4, 0.5) is 0 Å². The van der Waals surface area contributed by atoms with Gasteiger partial charge in [0.25, 0.3) is 0 Å². The molecule has 1 saturated heterocycles. The highest BCUT2D eigenvalue weighted by atomic mass is 32.1. The molecule has 3 rings (SSSR count). The second kappa shape index (κ2) is 15.8. The molecule has 0 spiro atoms. The van der Waals surface area contributed by atoms with E-state index in [0.29, 0.717) is 26.2 Å². The molecule has 0 aliphatic carbocycles. The maximum atomic E-state index is 13.9. The van der Waals surface area contributed by atoms with Gasteiger partial charge in [0, 0.05) is 26.1 Å². The number of hydrogen-bond acceptors (Lipinski definition) is 9. The number of benzene rings is 1. The molecule has 12 heteroatoms. The summed E-state index contributed by atoms with van der Waals surface area (Å²) >= 11 is 1.58. The van der Waals surface area contributed by atoms with E-state index < -0.39 is 40.7 Å². The molecule has 2 aromatic rings. The van der Waals surface area contributed by atoms with Gasteiger partial charge in [0.2, 0.25) is 17.7 Å². The van der Waals surface area contributed by atoms with Crippen molar-refractivity contribution in [3.8, 4) is 10.4 Å². The first kappa shape index (κ1) is 37.6. The molecule has 0 radical (unpaired) electrons. The standard InChI is InChI=1S/C34H53N5O6S/c1-22-28(46-21-37-22)24-11-9-23(10-12-24)19-36-30(42)26-17-25(40)20-39(26)31(43)29(32(2,3)4)38-27(41)18-34(7,8)44-15-13-33(5,6)45-16-14-35/h9-12,21,25-26,29,40H,13-20,35H2,1-8H3,(H,36,42)(H,38,41)/t25-,26+,29-/m1/s1. The highest BCUT2D eigenvalue weighted by molar-refractivity contribution is 7.13. The molecule has 1 aliphatic rings. The van der Waals surface area contributed by atoms with Crippen LogP contribution in [-0.2, 0) is 30.4 Å². The summed E-state index contributed by atoms with van der Waals surface area (Å²) in [6, 6.07) is 6.13. The molecule has 1 fully saturated rings. The van der Waals surface area contributed by atoms with E-state index in [9.17, 15) is 19.5 Å². The number of aliphatic hydroxyl groups is 1. The molecule has 1 aromatic carbocycles. The van der Waals surface area contributed by atoms with Gasteiger partial charge in [-0.1, -0.05) is 45.0 Å². The molecule has 2 heterocycles. The SMILES string of the molecule is Cc1ncsc1-c1ccc(CNC(=O)[C@@H]2C[C@@H](O)CN2C(=O)[C@@H](NC(=O)CC(C)(C)OCCC(C)(C)OCCN)C(C)(C)C)cc1. The predicted octanol–water partition coefficient (Wildman–Crippen LogP) is 3.56. The molecule has 11 nitrogen and oxygen atoms in total. The Hall–Kier alpha value is -2.90. The monoisotopic (exact) mass is 659 g/mol. The number of aromatic nitrogens is 1. The minimum Gasteiger partial charge on any atom is -0.391 e. The lowest BCUT2D eigenvalue weighted by atomic mass is 9.85. The van der Waals surface area contributed by atoms with Crippen LogP contribution >= 0.6 is 11.3 Å². The van der Waals surface area contributed by atoms with Crippen molar-refractivity contribution in [3.63, 3.8) is 0 Å². The normalized spacial score (nSPS) is 18.0. The van der Waals surface area contributed by atoms with Crippen molar-refractivity contribution in [2.75, 3.05) is 26.3 Å². The van der Waals surface area contributed by atoms with E-state index in [1.807, 2.05) is 85.2 Å². The average Bonchev–Trinajstić information content (AvgIpc) is 3.57. The van der Waals surface area contributed by atoms with Gasteiger partial charge < -0.3 is 35.8 Å². The number of likely N-dealkylation sites (tertiary alicyclic amines) is 1. The van der Waals surface area contributed by atoms with E-state index in [1.54, 1.807) is 11.3 Å². The van der Waals surface area contributed by atoms with E-state index in [1.165, 1.54) is 4.90 Å². The van der Waals surface area contributed by atoms with Gasteiger partial charge in [-0.15, -0.1) is 11.3 Å². The first-order chi connectivity index (χ1) is 21.4. The van der Waals surface area contributed by atoms with Crippen molar-refractivity contribution in [2.45, 2.75) is 111 Å². The summed E-state index contributed by atoms with van der Waals surface area (Å²) in [6.45, 7) is 16.7. The van der Waals surface area contributed by atoms with Gasteiger partial charge in [-0.2, -0.15) is 0 Å². The first-order valence-electron chi connectivity index (χ1n) is 16.0. The van der Waals surface area contributed by atoms with Crippen LogP contribution in [0.25, 0.3) is 10.4 Å². The Morgan fingerprint density at radius 3 is 2.30 bits per heavy atom. The highest BCUT2D eigenvalue weighted by Gasteiger charge is 2.44. The van der Waals surface area contributed by atoms with Crippen LogP contribution in [0.2, 0.25) is 0 Å². The lowest BCUT2D eigenvalue weighted by Gasteiger charge is -2.36. The number of rotatable bonds is 15. The van der Waals surface area contributed by atoms with Gasteiger partial charge in [0.1, 0.15) is 12.1 Å². The number of nitrogens with one attached hydrogen (secondary N) is 2. The maximum Gasteiger partial charge on any atom is 0.246 e. The lowest BCUT2D eigenvalue weighted by molar-refractivity contribution is -0.145. The quantitative estimate of drug-likeness (QED) is 0.226. The molecule has 1 aliphatic heterocycles. The summed E-state index contributed by atoms with van der Waals surface area (Å²) in [6.07, 6.45) is -0.0636. The van der Waals surface area contributed by atoms with Gasteiger partial charge in [-0.3, -0.25) is 14.4 Å². The molecule has 0 saturated carbocycles. The molecule has 3 amide bonds. The van der Waals surface area contributed by atoms with E-state index in [2.05, 4.69) is 15.6 Å². The Labute approximate surface area is 277 Å². The van der Waals surface area contributed by atoms with Gasteiger partial charge in [0.05, 0.1) is 53.0 Å². The van der Waals surface area contributed by atoms with Gasteiger partial charge >= 0.3 is 0 Å². The van der Waals surface area contributed by atoms with Crippen molar-refractivity contribution in [1.29, 1.82) is 0 Å². The molecule has 1 aromatic heterocycles. The fourth-order valence-corrected chi connectivity index (χ4v) is 6.22. The van der Waals surface area contributed by atoms with Gasteiger partial charge in [-0.05, 0) is 57.6 Å². The van der Waals surface area contributed by atoms with Crippen LogP contribution in [-0.4, -0.2) is 88.4 Å². The zero-order chi connectivity index (χ0) is 34.3. The number of aryl methyl sites for hydroxylation is 1. The molecular weight excluding hydrogens is 606 g/mol. The summed E-state index contributed by atoms with van der Waals surface area (Å²) in [4.78, 5) is 47.4. The number of carbonyl (C=O) groups excluding carboxylic acids is 3. The largest absolute Gasteiger partial charge is 0.391 e. The smallest absolute Gasteiger partial charge is 0.246 e. The lowest BCUT2D eigenvalue weighted by Crippen LogP contribution is -2.58. The third kappa shape index (κ3) is 10.8. The number of aliphatic hydroxyl groups excluding tert-OH is 1. The van der Waals surface area contributed by atoms with Crippen LogP contribution in [0.15, 0.2) is 29.8 Å². The van der Waals surface area contributed by atoms with Crippen molar-refractivity contribution >= 4 is 29.1 Å². The fraction of sp³-hybridized carbons (Fsp3) is 0.647. The maximum absolute atomic E-state index is 13.9. The van der Waals surface area contributed by atoms with Gasteiger partial charge in [0.15, 0.2) is 0 Å². The Bertz CT molecular complexity index is 1320. The second-order valence-electron chi connectivity index (χ2n) is 14.4. The number of hydrogen-bond donors (Lipinski definition) is 4. The zero-order valence-corrected chi connectivity index (χ0v) is 29.5. The molecule has 3 atom stereocenters. The Morgan fingerprint density at radius 1 is 1.07 bits per heavy atom. The third-order valence-electron chi connectivity index (χ3n) is 8.11. The zero-order valence-electron chi connectivity index (χ0n) is 28.6. The Kier molecular flexibility index (Phi) is 12.9. The van der Waals surface area contributed by atoms with Crippen LogP contribution in [0.3, 0.4) is 0 Å². The second-order valence-corrected chi connectivity index (χ2v) is 15.2. The van der Waals surface area contributed by atoms with Crippen molar-refractivity contribution in [1.82, 2.24) is 20.5 Å². The summed E-state index contributed by atoms with van der Waals surface area (Å²) in [5.41, 5.74) is 8.45. The van der Waals surface area contributed by atoms with E-state index in [0.717, 1.165) is 21.7 Å². The van der Waals surface area contributed by atoms with Crippen molar-refractivity contribution < 1.29 is 29.0 Å². The summed E-state index contributed by atoms with van der Waals surface area (Å²) < 4.78 is 11.8. The van der Waals surface area contributed by atoms with E-state index in [-0.39, 0.29) is 37.7 Å². The van der Waals surface area contributed by atoms with Gasteiger partial charge in [-0.25, -0.2) is 4.98 Å². The average molecular weight is 660 g/mol. The van der Waals surface area contributed by atoms with Crippen LogP contribution in [0.5, 0.6) is 0 Å². The minimum absolute atomic E-state index is 0.0128. The third-order valence-corrected chi connectivity index (χ3v) is 9.08. The summed E-state index contributed by atoms with van der Waals surface area (Å²) in [5, 5.41) is 16.3. The fourth-order valence-electron chi connectivity index (χ4n) is 5.41. The molecular formula is C34H53N5O6S. The highest BCUT2D eigenvalue weighted by Crippen LogP contribution is 2.29. The van der Waals surface area contributed by atoms with E-state index in [4.69, 9.17) is 15.2 Å².